The van der Waals surface area contributed by atoms with Gasteiger partial charge in [-0.05, 0) is 42.0 Å². The number of nitrogens with one attached hydrogen (secondary N) is 3. The summed E-state index contributed by atoms with van der Waals surface area (Å²) in [4.78, 5) is 35.4. The first-order valence-electron chi connectivity index (χ1n) is 9.31. The van der Waals surface area contributed by atoms with E-state index in [1.807, 2.05) is 18.2 Å². The van der Waals surface area contributed by atoms with E-state index in [1.165, 1.54) is 12.5 Å². The molecular weight excluding hydrogens is 400 g/mol. The van der Waals surface area contributed by atoms with Crippen LogP contribution in [0.25, 0.3) is 0 Å². The number of carbonyl (C=O) groups is 3. The van der Waals surface area contributed by atoms with E-state index in [-0.39, 0.29) is 19.1 Å². The average molecular weight is 420 g/mol. The Morgan fingerprint density at radius 3 is 2.58 bits per heavy atom. The Bertz CT molecular complexity index is 1050. The first kappa shape index (κ1) is 21.3. The molecule has 158 valence electrons. The van der Waals surface area contributed by atoms with Gasteiger partial charge in [-0.2, -0.15) is 5.10 Å². The number of benzene rings is 2. The molecule has 9 nitrogen and oxygen atoms in total. The van der Waals surface area contributed by atoms with Gasteiger partial charge in [-0.3, -0.25) is 14.4 Å². The molecule has 0 atom stereocenters. The Kier molecular flexibility index (Phi) is 7.53. The monoisotopic (exact) mass is 420 g/mol. The molecule has 0 saturated heterocycles. The lowest BCUT2D eigenvalue weighted by Gasteiger charge is -2.08. The standard InChI is InChI=1S/C22H20N4O5/c27-20(25-17-7-2-1-3-8-17)15-31-18-9-4-6-16(12-18)13-24-26-22(29)21(28)23-14-19-10-5-11-30-19/h1-13H,14-15H2,(H,23,28)(H,25,27)(H,26,29)/b24-13-. The van der Waals surface area contributed by atoms with Crippen molar-refractivity contribution in [3.8, 4) is 5.75 Å². The lowest BCUT2D eigenvalue weighted by molar-refractivity contribution is -0.139. The van der Waals surface area contributed by atoms with Gasteiger partial charge in [0.2, 0.25) is 0 Å². The summed E-state index contributed by atoms with van der Waals surface area (Å²) < 4.78 is 10.5. The van der Waals surface area contributed by atoms with Crippen LogP contribution >= 0.6 is 0 Å². The van der Waals surface area contributed by atoms with Crippen LogP contribution in [-0.2, 0) is 20.9 Å². The van der Waals surface area contributed by atoms with E-state index in [0.717, 1.165) is 0 Å². The number of rotatable bonds is 8. The Balaban J connectivity index is 1.43. The molecule has 31 heavy (non-hydrogen) atoms. The second-order valence-electron chi connectivity index (χ2n) is 6.24. The molecule has 9 heteroatoms. The number of para-hydroxylation sites is 1. The van der Waals surface area contributed by atoms with E-state index >= 15 is 0 Å². The molecule has 3 aromatic rings. The van der Waals surface area contributed by atoms with E-state index in [1.54, 1.807) is 48.5 Å². The van der Waals surface area contributed by atoms with Crippen molar-refractivity contribution in [2.75, 3.05) is 11.9 Å². The van der Waals surface area contributed by atoms with Crippen LogP contribution in [-0.4, -0.2) is 30.5 Å². The summed E-state index contributed by atoms with van der Waals surface area (Å²) in [6.45, 7) is -0.0672. The van der Waals surface area contributed by atoms with Crippen molar-refractivity contribution in [2.24, 2.45) is 5.10 Å². The fraction of sp³-hybridized carbons (Fsp3) is 0.0909. The summed E-state index contributed by atoms with van der Waals surface area (Å²) >= 11 is 0. The lowest BCUT2D eigenvalue weighted by atomic mass is 10.2. The summed E-state index contributed by atoms with van der Waals surface area (Å²) in [5.41, 5.74) is 3.43. The predicted octanol–water partition coefficient (Wildman–Crippen LogP) is 2.06. The average Bonchev–Trinajstić information content (AvgIpc) is 3.31. The molecule has 0 fully saturated rings. The SMILES string of the molecule is O=C(COc1cccc(/C=N\NC(=O)C(=O)NCc2ccco2)c1)Nc1ccccc1. The molecule has 0 unspecified atom stereocenters. The summed E-state index contributed by atoms with van der Waals surface area (Å²) in [5.74, 6) is -1.06. The van der Waals surface area contributed by atoms with Crippen LogP contribution in [0.3, 0.4) is 0 Å². The molecule has 3 amide bonds. The molecule has 0 radical (unpaired) electrons. The van der Waals surface area contributed by atoms with Gasteiger partial charge in [-0.1, -0.05) is 30.3 Å². The minimum Gasteiger partial charge on any atom is -0.484 e. The van der Waals surface area contributed by atoms with Gasteiger partial charge in [0.15, 0.2) is 6.61 Å². The van der Waals surface area contributed by atoms with Gasteiger partial charge < -0.3 is 19.8 Å². The Morgan fingerprint density at radius 2 is 1.81 bits per heavy atom. The highest BCUT2D eigenvalue weighted by atomic mass is 16.5. The van der Waals surface area contributed by atoms with Gasteiger partial charge in [-0.15, -0.1) is 0 Å². The number of amides is 3. The number of hydrogen-bond donors (Lipinski definition) is 3. The molecule has 0 aliphatic carbocycles. The van der Waals surface area contributed by atoms with Crippen LogP contribution < -0.4 is 20.8 Å². The number of hydrazone groups is 1. The highest BCUT2D eigenvalue weighted by molar-refractivity contribution is 6.35. The van der Waals surface area contributed by atoms with Gasteiger partial charge in [0.1, 0.15) is 11.5 Å². The smallest absolute Gasteiger partial charge is 0.329 e. The van der Waals surface area contributed by atoms with Crippen molar-refractivity contribution in [3.05, 3.63) is 84.3 Å². The number of anilines is 1. The second kappa shape index (κ2) is 11.0. The van der Waals surface area contributed by atoms with Crippen molar-refractivity contribution < 1.29 is 23.5 Å². The second-order valence-corrected chi connectivity index (χ2v) is 6.24. The van der Waals surface area contributed by atoms with Gasteiger partial charge in [0.05, 0.1) is 19.0 Å². The molecule has 0 bridgehead atoms. The van der Waals surface area contributed by atoms with Gasteiger partial charge in [-0.25, -0.2) is 5.43 Å². The van der Waals surface area contributed by atoms with Gasteiger partial charge in [0, 0.05) is 5.69 Å². The third kappa shape index (κ3) is 7.17. The predicted molar refractivity (Wildman–Crippen MR) is 113 cm³/mol. The summed E-state index contributed by atoms with van der Waals surface area (Å²) in [7, 11) is 0. The van der Waals surface area contributed by atoms with Gasteiger partial charge in [0.25, 0.3) is 5.91 Å². The Hall–Kier alpha value is -4.40. The molecule has 3 rings (SSSR count). The van der Waals surface area contributed by atoms with Crippen molar-refractivity contribution in [1.82, 2.24) is 10.7 Å². The topological polar surface area (TPSA) is 122 Å². The Morgan fingerprint density at radius 1 is 0.968 bits per heavy atom. The summed E-state index contributed by atoms with van der Waals surface area (Å²) in [6.07, 6.45) is 2.83. The normalized spacial score (nSPS) is 10.5. The molecule has 0 aliphatic rings. The fourth-order valence-corrected chi connectivity index (χ4v) is 2.43. The first-order valence-corrected chi connectivity index (χ1v) is 9.31. The first-order chi connectivity index (χ1) is 15.1. The lowest BCUT2D eigenvalue weighted by Crippen LogP contribution is -2.37. The molecule has 0 aliphatic heterocycles. The maximum Gasteiger partial charge on any atom is 0.329 e. The quantitative estimate of drug-likeness (QED) is 0.293. The maximum absolute atomic E-state index is 12.0. The van der Waals surface area contributed by atoms with E-state index in [0.29, 0.717) is 22.8 Å². The third-order valence-corrected chi connectivity index (χ3v) is 3.87. The highest BCUT2D eigenvalue weighted by Gasteiger charge is 2.12. The van der Waals surface area contributed by atoms with Crippen molar-refractivity contribution >= 4 is 29.6 Å². The Labute approximate surface area is 178 Å². The van der Waals surface area contributed by atoms with Crippen molar-refractivity contribution in [3.63, 3.8) is 0 Å². The van der Waals surface area contributed by atoms with Crippen LogP contribution in [0, 0.1) is 0 Å². The maximum atomic E-state index is 12.0. The molecule has 2 aromatic carbocycles. The van der Waals surface area contributed by atoms with E-state index < -0.39 is 11.8 Å². The van der Waals surface area contributed by atoms with Crippen LogP contribution in [0.4, 0.5) is 5.69 Å². The van der Waals surface area contributed by atoms with E-state index in [2.05, 4.69) is 21.2 Å². The van der Waals surface area contributed by atoms with Crippen LogP contribution in [0.15, 0.2) is 82.5 Å². The summed E-state index contributed by atoms with van der Waals surface area (Å²) in [6, 6.07) is 19.2. The highest BCUT2D eigenvalue weighted by Crippen LogP contribution is 2.12. The number of carbonyl (C=O) groups excluding carboxylic acids is 3. The molecule has 1 aromatic heterocycles. The molecular formula is C22H20N4O5. The van der Waals surface area contributed by atoms with Crippen molar-refractivity contribution in [2.45, 2.75) is 6.54 Å². The molecule has 3 N–H and O–H groups in total. The molecule has 0 saturated carbocycles. The number of hydrogen-bond acceptors (Lipinski definition) is 6. The zero-order valence-corrected chi connectivity index (χ0v) is 16.4. The van der Waals surface area contributed by atoms with Gasteiger partial charge >= 0.3 is 11.8 Å². The van der Waals surface area contributed by atoms with Crippen molar-refractivity contribution in [1.29, 1.82) is 0 Å². The fourth-order valence-electron chi connectivity index (χ4n) is 2.43. The number of furan rings is 1. The molecule has 0 spiro atoms. The molecule has 1 heterocycles. The largest absolute Gasteiger partial charge is 0.484 e. The van der Waals surface area contributed by atoms with Crippen LogP contribution in [0.2, 0.25) is 0 Å². The minimum atomic E-state index is -0.909. The van der Waals surface area contributed by atoms with E-state index in [4.69, 9.17) is 9.15 Å². The van der Waals surface area contributed by atoms with Crippen LogP contribution in [0.1, 0.15) is 11.3 Å². The van der Waals surface area contributed by atoms with E-state index in [9.17, 15) is 14.4 Å². The number of nitrogens with zero attached hydrogens (tertiary/aromatic N) is 1. The summed E-state index contributed by atoms with van der Waals surface area (Å²) in [5, 5.41) is 8.89. The third-order valence-electron chi connectivity index (χ3n) is 3.87. The minimum absolute atomic E-state index is 0.0974. The number of ether oxygens (including phenoxy) is 1. The zero-order valence-electron chi connectivity index (χ0n) is 16.4. The van der Waals surface area contributed by atoms with Crippen LogP contribution in [0.5, 0.6) is 5.75 Å². The zero-order chi connectivity index (χ0) is 21.9.